The van der Waals surface area contributed by atoms with E-state index in [0.717, 1.165) is 27.1 Å². The van der Waals surface area contributed by atoms with Crippen LogP contribution in [0.3, 0.4) is 0 Å². The van der Waals surface area contributed by atoms with Crippen LogP contribution in [0.5, 0.6) is 11.5 Å². The van der Waals surface area contributed by atoms with Crippen molar-refractivity contribution in [3.05, 3.63) is 64.0 Å². The maximum atomic E-state index is 5.78. The maximum Gasteiger partial charge on any atom is 0.276 e. The predicted octanol–water partition coefficient (Wildman–Crippen LogP) is 5.20. The molecule has 0 saturated carbocycles. The molecule has 0 fully saturated rings. The van der Waals surface area contributed by atoms with Gasteiger partial charge in [0.25, 0.3) is 11.1 Å². The lowest BCUT2D eigenvalue weighted by Crippen LogP contribution is -1.99. The van der Waals surface area contributed by atoms with Crippen LogP contribution in [0.25, 0.3) is 0 Å². The highest BCUT2D eigenvalue weighted by molar-refractivity contribution is 9.10. The Bertz CT molecular complexity index is 869. The van der Waals surface area contributed by atoms with Crippen molar-refractivity contribution in [1.82, 2.24) is 10.2 Å². The van der Waals surface area contributed by atoms with Gasteiger partial charge in [0.05, 0.1) is 6.61 Å². The Balaban J connectivity index is 1.43. The molecule has 2 aromatic carbocycles. The fraction of sp³-hybridized carbons (Fsp3) is 0.263. The van der Waals surface area contributed by atoms with Crippen molar-refractivity contribution in [2.24, 2.45) is 0 Å². The maximum absolute atomic E-state index is 5.78. The Hall–Kier alpha value is -1.99. The Morgan fingerprint density at radius 3 is 2.81 bits per heavy atom. The monoisotopic (exact) mass is 434 g/mol. The Kier molecular flexibility index (Phi) is 6.57. The largest absolute Gasteiger partial charge is 0.493 e. The third kappa shape index (κ3) is 5.51. The summed E-state index contributed by atoms with van der Waals surface area (Å²) in [4.78, 5) is 0. The number of aryl methyl sites for hydroxylation is 2. The zero-order chi connectivity index (χ0) is 18.4. The standard InChI is InChI=1S/C19H19BrN2O3S/c1-13-6-7-14(2)17(10-13)24-12-18-21-22-19(25-18)26-9-8-23-16-5-3-4-15(20)11-16/h3-7,10-11H,8-9,12H2,1-2H3. The lowest BCUT2D eigenvalue weighted by atomic mass is 10.1. The highest BCUT2D eigenvalue weighted by Crippen LogP contribution is 2.22. The molecule has 5 nitrogen and oxygen atoms in total. The molecule has 1 heterocycles. The smallest absolute Gasteiger partial charge is 0.276 e. The van der Waals surface area contributed by atoms with Crippen LogP contribution in [0, 0.1) is 13.8 Å². The van der Waals surface area contributed by atoms with Gasteiger partial charge in [-0.05, 0) is 49.2 Å². The molecule has 0 spiro atoms. The molecule has 0 unspecified atom stereocenters. The van der Waals surface area contributed by atoms with Crippen LogP contribution in [-0.4, -0.2) is 22.6 Å². The summed E-state index contributed by atoms with van der Waals surface area (Å²) in [6.45, 7) is 4.85. The van der Waals surface area contributed by atoms with E-state index in [1.807, 2.05) is 50.2 Å². The van der Waals surface area contributed by atoms with Gasteiger partial charge in [-0.3, -0.25) is 0 Å². The molecular formula is C19H19BrN2O3S. The molecule has 3 aromatic rings. The highest BCUT2D eigenvalue weighted by atomic mass is 79.9. The zero-order valence-electron chi connectivity index (χ0n) is 14.6. The molecule has 0 atom stereocenters. The number of benzene rings is 2. The average molecular weight is 435 g/mol. The number of ether oxygens (including phenoxy) is 2. The van der Waals surface area contributed by atoms with Gasteiger partial charge in [-0.15, -0.1) is 10.2 Å². The number of rotatable bonds is 8. The summed E-state index contributed by atoms with van der Waals surface area (Å²) in [5.41, 5.74) is 2.23. The summed E-state index contributed by atoms with van der Waals surface area (Å²) >= 11 is 4.88. The van der Waals surface area contributed by atoms with Crippen molar-refractivity contribution in [2.75, 3.05) is 12.4 Å². The van der Waals surface area contributed by atoms with Gasteiger partial charge in [0.15, 0.2) is 6.61 Å². The Morgan fingerprint density at radius 1 is 1.08 bits per heavy atom. The number of thioether (sulfide) groups is 1. The minimum absolute atomic E-state index is 0.256. The molecular weight excluding hydrogens is 416 g/mol. The van der Waals surface area contributed by atoms with E-state index in [2.05, 4.69) is 32.2 Å². The van der Waals surface area contributed by atoms with E-state index >= 15 is 0 Å². The number of hydrogen-bond donors (Lipinski definition) is 0. The van der Waals surface area contributed by atoms with Crippen LogP contribution in [0.2, 0.25) is 0 Å². The number of aromatic nitrogens is 2. The third-order valence-corrected chi connectivity index (χ3v) is 4.79. The molecule has 0 aliphatic carbocycles. The van der Waals surface area contributed by atoms with E-state index in [1.165, 1.54) is 11.8 Å². The van der Waals surface area contributed by atoms with Crippen LogP contribution in [0.1, 0.15) is 17.0 Å². The SMILES string of the molecule is Cc1ccc(C)c(OCc2nnc(SCCOc3cccc(Br)c3)o2)c1. The highest BCUT2D eigenvalue weighted by Gasteiger charge is 2.09. The van der Waals surface area contributed by atoms with Crippen LogP contribution in [0.15, 0.2) is 56.6 Å². The molecule has 0 bridgehead atoms. The van der Waals surface area contributed by atoms with Crippen molar-refractivity contribution in [3.63, 3.8) is 0 Å². The lowest BCUT2D eigenvalue weighted by Gasteiger charge is -2.07. The van der Waals surface area contributed by atoms with Crippen molar-refractivity contribution in [2.45, 2.75) is 25.7 Å². The summed E-state index contributed by atoms with van der Waals surface area (Å²) in [6, 6.07) is 13.8. The molecule has 0 aliphatic rings. The number of nitrogens with zero attached hydrogens (tertiary/aromatic N) is 2. The summed E-state index contributed by atoms with van der Waals surface area (Å²) in [5, 5.41) is 8.57. The first-order chi connectivity index (χ1) is 12.6. The minimum atomic E-state index is 0.256. The molecule has 0 aliphatic heterocycles. The number of hydrogen-bond acceptors (Lipinski definition) is 6. The van der Waals surface area contributed by atoms with E-state index < -0.39 is 0 Å². The van der Waals surface area contributed by atoms with Gasteiger partial charge >= 0.3 is 0 Å². The van der Waals surface area contributed by atoms with Gasteiger partial charge in [-0.2, -0.15) is 0 Å². The van der Waals surface area contributed by atoms with Crippen LogP contribution in [0.4, 0.5) is 0 Å². The molecule has 26 heavy (non-hydrogen) atoms. The van der Waals surface area contributed by atoms with Gasteiger partial charge in [0, 0.05) is 10.2 Å². The van der Waals surface area contributed by atoms with E-state index in [0.29, 0.717) is 23.5 Å². The Morgan fingerprint density at radius 2 is 1.96 bits per heavy atom. The number of halogens is 1. The molecule has 0 radical (unpaired) electrons. The predicted molar refractivity (Wildman–Crippen MR) is 105 cm³/mol. The van der Waals surface area contributed by atoms with Crippen molar-refractivity contribution in [1.29, 1.82) is 0 Å². The third-order valence-electron chi connectivity index (χ3n) is 3.52. The van der Waals surface area contributed by atoms with E-state index in [4.69, 9.17) is 13.9 Å². The summed E-state index contributed by atoms with van der Waals surface area (Å²) in [7, 11) is 0. The first-order valence-electron chi connectivity index (χ1n) is 8.14. The normalized spacial score (nSPS) is 10.7. The molecule has 7 heteroatoms. The van der Waals surface area contributed by atoms with E-state index in [-0.39, 0.29) is 6.61 Å². The van der Waals surface area contributed by atoms with Crippen LogP contribution >= 0.6 is 27.7 Å². The van der Waals surface area contributed by atoms with E-state index in [9.17, 15) is 0 Å². The topological polar surface area (TPSA) is 57.4 Å². The fourth-order valence-corrected chi connectivity index (χ4v) is 3.18. The van der Waals surface area contributed by atoms with Crippen molar-refractivity contribution in [3.8, 4) is 11.5 Å². The summed E-state index contributed by atoms with van der Waals surface area (Å²) < 4.78 is 18.0. The van der Waals surface area contributed by atoms with Gasteiger partial charge in [-0.25, -0.2) is 0 Å². The van der Waals surface area contributed by atoms with Gasteiger partial charge < -0.3 is 13.9 Å². The second kappa shape index (κ2) is 9.09. The van der Waals surface area contributed by atoms with Crippen molar-refractivity contribution < 1.29 is 13.9 Å². The van der Waals surface area contributed by atoms with Gasteiger partial charge in [0.1, 0.15) is 11.5 Å². The van der Waals surface area contributed by atoms with Crippen LogP contribution in [-0.2, 0) is 6.61 Å². The second-order valence-corrected chi connectivity index (χ2v) is 7.64. The minimum Gasteiger partial charge on any atom is -0.493 e. The molecule has 3 rings (SSSR count). The summed E-state index contributed by atoms with van der Waals surface area (Å²) in [6.07, 6.45) is 0. The quantitative estimate of drug-likeness (QED) is 0.358. The van der Waals surface area contributed by atoms with Gasteiger partial charge in [-0.1, -0.05) is 45.9 Å². The average Bonchev–Trinajstić information content (AvgIpc) is 3.07. The molecule has 1 aromatic heterocycles. The van der Waals surface area contributed by atoms with Gasteiger partial charge in [0.2, 0.25) is 0 Å². The second-order valence-electron chi connectivity index (χ2n) is 5.67. The lowest BCUT2D eigenvalue weighted by molar-refractivity contribution is 0.250. The van der Waals surface area contributed by atoms with Crippen molar-refractivity contribution >= 4 is 27.7 Å². The van der Waals surface area contributed by atoms with E-state index in [1.54, 1.807) is 0 Å². The first kappa shape index (κ1) is 18.8. The molecule has 0 amide bonds. The Labute approximate surface area is 165 Å². The van der Waals surface area contributed by atoms with Crippen LogP contribution < -0.4 is 9.47 Å². The molecule has 0 N–H and O–H groups in total. The first-order valence-corrected chi connectivity index (χ1v) is 9.91. The fourth-order valence-electron chi connectivity index (χ4n) is 2.20. The zero-order valence-corrected chi connectivity index (χ0v) is 17.0. The molecule has 136 valence electrons. The molecule has 0 saturated heterocycles. The summed E-state index contributed by atoms with van der Waals surface area (Å²) in [5.74, 6) is 2.83.